The molecule has 2 aliphatic carbocycles. The molecule has 8 aromatic rings. The van der Waals surface area contributed by atoms with Crippen LogP contribution in [0.4, 0.5) is 0 Å². The van der Waals surface area contributed by atoms with Gasteiger partial charge in [0, 0.05) is 32.9 Å². The second kappa shape index (κ2) is 11.6. The third-order valence-corrected chi connectivity index (χ3v) is 11.0. The van der Waals surface area contributed by atoms with Gasteiger partial charge >= 0.3 is 0 Å². The van der Waals surface area contributed by atoms with E-state index in [1.54, 1.807) is 0 Å². The summed E-state index contributed by atoms with van der Waals surface area (Å²) in [6, 6.07) is 48.5. The number of aromatic nitrogens is 3. The third kappa shape index (κ3) is 4.79. The van der Waals surface area contributed by atoms with Crippen LogP contribution in [0.2, 0.25) is 0 Å². The van der Waals surface area contributed by atoms with Crippen molar-refractivity contribution in [2.24, 2.45) is 0 Å². The van der Waals surface area contributed by atoms with Crippen molar-refractivity contribution in [3.63, 3.8) is 0 Å². The highest BCUT2D eigenvalue weighted by atomic mass is 16.3. The second-order valence-corrected chi connectivity index (χ2v) is 13.8. The van der Waals surface area contributed by atoms with E-state index in [-0.39, 0.29) is 5.41 Å². The van der Waals surface area contributed by atoms with Crippen molar-refractivity contribution in [3.8, 4) is 62.5 Å². The van der Waals surface area contributed by atoms with Crippen molar-refractivity contribution in [2.75, 3.05) is 0 Å². The maximum atomic E-state index is 9.71. The highest BCUT2D eigenvalue weighted by Crippen LogP contribution is 2.56. The number of benzene rings is 6. The molecule has 0 radical (unpaired) electrons. The van der Waals surface area contributed by atoms with Crippen molar-refractivity contribution < 1.29 is 4.42 Å². The molecular formula is C46H32N4O. The minimum atomic E-state index is 0.0138. The summed E-state index contributed by atoms with van der Waals surface area (Å²) in [5.41, 5.74) is 12.8. The van der Waals surface area contributed by atoms with Gasteiger partial charge in [-0.05, 0) is 82.6 Å². The smallest absolute Gasteiger partial charge is 0.164 e. The lowest BCUT2D eigenvalue weighted by atomic mass is 9.67. The summed E-state index contributed by atoms with van der Waals surface area (Å²) < 4.78 is 6.21. The average molecular weight is 657 g/mol. The number of nitriles is 1. The topological polar surface area (TPSA) is 75.6 Å². The number of hydrogen-bond acceptors (Lipinski definition) is 5. The number of para-hydroxylation sites is 1. The first kappa shape index (κ1) is 29.5. The molecule has 2 aromatic heterocycles. The maximum absolute atomic E-state index is 9.71. The quantitative estimate of drug-likeness (QED) is 0.188. The molecule has 242 valence electrons. The van der Waals surface area contributed by atoms with E-state index in [9.17, 15) is 5.26 Å². The number of hydrogen-bond donors (Lipinski definition) is 0. The van der Waals surface area contributed by atoms with Crippen LogP contribution in [-0.2, 0) is 5.41 Å². The lowest BCUT2D eigenvalue weighted by Gasteiger charge is -2.36. The van der Waals surface area contributed by atoms with Crippen molar-refractivity contribution >= 4 is 21.9 Å². The zero-order chi connectivity index (χ0) is 33.9. The van der Waals surface area contributed by atoms with E-state index >= 15 is 0 Å². The standard InChI is InChI=1S/C46H32N4O/c47-28-29-13-20-35-38-26-33(19-22-39(38)46(40(35)25-29)23-7-2-8-24-46)30-14-16-32(17-15-30)44-48-43(31-9-3-1-4-10-31)49-45(50-44)34-18-21-37-36-11-5-6-12-41(36)51-42(37)27-34/h1,3-6,9-22,25-27H,2,7-8,23-24H2. The molecule has 0 aliphatic heterocycles. The Kier molecular flexibility index (Phi) is 6.72. The van der Waals surface area contributed by atoms with E-state index in [0.29, 0.717) is 17.5 Å². The highest BCUT2D eigenvalue weighted by molar-refractivity contribution is 6.05. The Morgan fingerprint density at radius 3 is 1.92 bits per heavy atom. The lowest BCUT2D eigenvalue weighted by molar-refractivity contribution is 0.353. The van der Waals surface area contributed by atoms with E-state index in [0.717, 1.165) is 62.6 Å². The first-order valence-corrected chi connectivity index (χ1v) is 17.7. The highest BCUT2D eigenvalue weighted by Gasteiger charge is 2.43. The predicted molar refractivity (Wildman–Crippen MR) is 203 cm³/mol. The molecule has 0 bridgehead atoms. The van der Waals surface area contributed by atoms with Gasteiger partial charge < -0.3 is 4.42 Å². The average Bonchev–Trinajstić information content (AvgIpc) is 3.70. The van der Waals surface area contributed by atoms with Gasteiger partial charge in [0.1, 0.15) is 11.2 Å². The first-order valence-electron chi connectivity index (χ1n) is 17.7. The summed E-state index contributed by atoms with van der Waals surface area (Å²) in [5, 5.41) is 11.9. The molecule has 0 amide bonds. The van der Waals surface area contributed by atoms with Crippen LogP contribution >= 0.6 is 0 Å². The molecule has 6 aromatic carbocycles. The fourth-order valence-corrected chi connectivity index (χ4v) is 8.47. The molecule has 5 nitrogen and oxygen atoms in total. The Morgan fingerprint density at radius 2 is 1.14 bits per heavy atom. The summed E-state index contributed by atoms with van der Waals surface area (Å²) in [4.78, 5) is 14.9. The molecule has 1 fully saturated rings. The SMILES string of the molecule is N#Cc1ccc2c(c1)C1(CCCCC1)c1ccc(-c3ccc(-c4nc(-c5ccccc5)nc(-c5ccc6c(c5)oc5ccccc56)n4)cc3)cc1-2. The number of furan rings is 1. The minimum absolute atomic E-state index is 0.0138. The van der Waals surface area contributed by atoms with Crippen LogP contribution < -0.4 is 0 Å². The molecule has 10 rings (SSSR count). The van der Waals surface area contributed by atoms with Gasteiger partial charge in [-0.1, -0.05) is 116 Å². The predicted octanol–water partition coefficient (Wildman–Crippen LogP) is 11.5. The summed E-state index contributed by atoms with van der Waals surface area (Å²) in [6.45, 7) is 0. The molecule has 5 heteroatoms. The Morgan fingerprint density at radius 1 is 0.490 bits per heavy atom. The molecule has 0 N–H and O–H groups in total. The Labute approximate surface area is 295 Å². The largest absolute Gasteiger partial charge is 0.456 e. The fourth-order valence-electron chi connectivity index (χ4n) is 8.47. The Balaban J connectivity index is 1.04. The van der Waals surface area contributed by atoms with Crippen LogP contribution in [0.3, 0.4) is 0 Å². The molecule has 51 heavy (non-hydrogen) atoms. The second-order valence-electron chi connectivity index (χ2n) is 13.8. The normalized spacial score (nSPS) is 14.4. The number of fused-ring (bicyclic) bond motifs is 8. The maximum Gasteiger partial charge on any atom is 0.164 e. The fraction of sp³-hybridized carbons (Fsp3) is 0.130. The van der Waals surface area contributed by atoms with Crippen molar-refractivity contribution in [2.45, 2.75) is 37.5 Å². The van der Waals surface area contributed by atoms with Crippen LogP contribution in [-0.4, -0.2) is 15.0 Å². The van der Waals surface area contributed by atoms with Gasteiger partial charge in [0.25, 0.3) is 0 Å². The van der Waals surface area contributed by atoms with Gasteiger partial charge in [0.15, 0.2) is 17.5 Å². The van der Waals surface area contributed by atoms with Crippen molar-refractivity contribution in [1.29, 1.82) is 5.26 Å². The number of nitrogens with zero attached hydrogens (tertiary/aromatic N) is 4. The molecule has 0 unspecified atom stereocenters. The molecule has 0 saturated heterocycles. The van der Waals surface area contributed by atoms with Crippen molar-refractivity contribution in [1.82, 2.24) is 15.0 Å². The van der Waals surface area contributed by atoms with Crippen LogP contribution in [0, 0.1) is 11.3 Å². The Bertz CT molecular complexity index is 2680. The van der Waals surface area contributed by atoms with E-state index in [1.165, 1.54) is 47.1 Å². The van der Waals surface area contributed by atoms with Gasteiger partial charge in [-0.2, -0.15) is 5.26 Å². The Hall–Kier alpha value is -6.38. The lowest BCUT2D eigenvalue weighted by Crippen LogP contribution is -2.28. The molecule has 2 aliphatic rings. The number of rotatable bonds is 4. The van der Waals surface area contributed by atoms with Crippen LogP contribution in [0.15, 0.2) is 138 Å². The van der Waals surface area contributed by atoms with E-state index in [1.807, 2.05) is 60.7 Å². The van der Waals surface area contributed by atoms with Gasteiger partial charge in [-0.25, -0.2) is 15.0 Å². The molecule has 1 spiro atoms. The zero-order valence-electron chi connectivity index (χ0n) is 27.9. The first-order chi connectivity index (χ1) is 25.2. The third-order valence-electron chi connectivity index (χ3n) is 11.0. The van der Waals surface area contributed by atoms with Crippen LogP contribution in [0.1, 0.15) is 48.8 Å². The zero-order valence-corrected chi connectivity index (χ0v) is 27.9. The van der Waals surface area contributed by atoms with Crippen molar-refractivity contribution in [3.05, 3.63) is 150 Å². The molecule has 1 saturated carbocycles. The van der Waals surface area contributed by atoms with E-state index < -0.39 is 0 Å². The summed E-state index contributed by atoms with van der Waals surface area (Å²) in [5.74, 6) is 1.84. The van der Waals surface area contributed by atoms with Gasteiger partial charge in [0.05, 0.1) is 11.6 Å². The molecular weight excluding hydrogens is 625 g/mol. The van der Waals surface area contributed by atoms with Gasteiger partial charge in [-0.15, -0.1) is 0 Å². The molecule has 2 heterocycles. The summed E-state index contributed by atoms with van der Waals surface area (Å²) in [7, 11) is 0. The van der Waals surface area contributed by atoms with Gasteiger partial charge in [0.2, 0.25) is 0 Å². The van der Waals surface area contributed by atoms with Gasteiger partial charge in [-0.3, -0.25) is 0 Å². The summed E-state index contributed by atoms with van der Waals surface area (Å²) in [6.07, 6.45) is 6.00. The minimum Gasteiger partial charge on any atom is -0.456 e. The van der Waals surface area contributed by atoms with E-state index in [4.69, 9.17) is 19.4 Å². The summed E-state index contributed by atoms with van der Waals surface area (Å²) >= 11 is 0. The molecule has 0 atom stereocenters. The monoisotopic (exact) mass is 656 g/mol. The van der Waals surface area contributed by atoms with Crippen LogP contribution in [0.25, 0.3) is 78.4 Å². The van der Waals surface area contributed by atoms with Crippen LogP contribution in [0.5, 0.6) is 0 Å². The van der Waals surface area contributed by atoms with E-state index in [2.05, 4.69) is 78.9 Å².